The highest BCUT2D eigenvalue weighted by Crippen LogP contribution is 2.14. The molecule has 7 heteroatoms. The molecule has 0 spiro atoms. The molecule has 1 rings (SSSR count). The third-order valence-electron chi connectivity index (χ3n) is 2.84. The number of carbonyl (C=O) groups excluding carboxylic acids is 1. The van der Waals surface area contributed by atoms with Gasteiger partial charge in [0, 0.05) is 6.54 Å². The van der Waals surface area contributed by atoms with Crippen molar-refractivity contribution in [3.63, 3.8) is 0 Å². The molecule has 0 aliphatic carbocycles. The lowest BCUT2D eigenvalue weighted by molar-refractivity contribution is -0.122. The maximum absolute atomic E-state index is 11.8. The van der Waals surface area contributed by atoms with Crippen LogP contribution in [0.25, 0.3) is 0 Å². The number of carbonyl (C=O) groups is 1. The number of halogens is 3. The van der Waals surface area contributed by atoms with Crippen molar-refractivity contribution in [1.82, 2.24) is 15.5 Å². The topological polar surface area (TPSA) is 44.4 Å². The number of hydrogen-bond acceptors (Lipinski definition) is 2. The summed E-state index contributed by atoms with van der Waals surface area (Å²) in [6.45, 7) is 1.09. The van der Waals surface area contributed by atoms with Gasteiger partial charge in [-0.25, -0.2) is 4.79 Å². The number of likely N-dealkylation sites (tertiary alicyclic amines) is 1. The Labute approximate surface area is 98.5 Å². The summed E-state index contributed by atoms with van der Waals surface area (Å²) >= 11 is 0. The van der Waals surface area contributed by atoms with E-state index in [1.807, 2.05) is 7.05 Å². The molecule has 0 unspecified atom stereocenters. The first-order chi connectivity index (χ1) is 7.87. The Morgan fingerprint density at radius 2 is 1.88 bits per heavy atom. The Bertz CT molecular complexity index is 250. The summed E-state index contributed by atoms with van der Waals surface area (Å²) in [7, 11) is 2.03. The smallest absolute Gasteiger partial charge is 0.338 e. The average Bonchev–Trinajstić information content (AvgIpc) is 2.25. The van der Waals surface area contributed by atoms with Gasteiger partial charge >= 0.3 is 12.2 Å². The third-order valence-corrected chi connectivity index (χ3v) is 2.84. The lowest BCUT2D eigenvalue weighted by Crippen LogP contribution is -2.43. The summed E-state index contributed by atoms with van der Waals surface area (Å²) in [5, 5.41) is 4.26. The summed E-state index contributed by atoms with van der Waals surface area (Å²) in [5.41, 5.74) is 0. The number of urea groups is 1. The molecule has 0 saturated carbocycles. The van der Waals surface area contributed by atoms with Gasteiger partial charge < -0.3 is 15.5 Å². The van der Waals surface area contributed by atoms with Crippen LogP contribution >= 0.6 is 0 Å². The van der Waals surface area contributed by atoms with Crippen molar-refractivity contribution in [3.8, 4) is 0 Å². The number of rotatable bonds is 3. The Kier molecular flexibility index (Phi) is 5.04. The predicted octanol–water partition coefficient (Wildman–Crippen LogP) is 1.19. The van der Waals surface area contributed by atoms with Crippen LogP contribution in [-0.4, -0.2) is 50.3 Å². The quantitative estimate of drug-likeness (QED) is 0.793. The van der Waals surface area contributed by atoms with Crippen molar-refractivity contribution in [3.05, 3.63) is 0 Å². The minimum atomic E-state index is -4.36. The van der Waals surface area contributed by atoms with Crippen molar-refractivity contribution < 1.29 is 18.0 Å². The fourth-order valence-electron chi connectivity index (χ4n) is 1.75. The zero-order valence-electron chi connectivity index (χ0n) is 9.81. The molecule has 0 aromatic heterocycles. The molecule has 1 saturated heterocycles. The SMILES string of the molecule is CN1CCC(CNC(=O)NCC(F)(F)F)CC1. The molecule has 0 aromatic carbocycles. The van der Waals surface area contributed by atoms with Gasteiger partial charge in [-0.2, -0.15) is 13.2 Å². The standard InChI is InChI=1S/C10H18F3N3O/c1-16-4-2-8(3-5-16)6-14-9(17)15-7-10(11,12)13/h8H,2-7H2,1H3,(H2,14,15,17). The molecule has 1 heterocycles. The molecule has 0 bridgehead atoms. The molecule has 0 radical (unpaired) electrons. The van der Waals surface area contributed by atoms with E-state index in [0.29, 0.717) is 12.5 Å². The van der Waals surface area contributed by atoms with Crippen molar-refractivity contribution in [2.45, 2.75) is 19.0 Å². The van der Waals surface area contributed by atoms with Gasteiger partial charge in [-0.15, -0.1) is 0 Å². The maximum atomic E-state index is 11.8. The summed E-state index contributed by atoms with van der Waals surface area (Å²) in [5.74, 6) is 0.364. The predicted molar refractivity (Wildman–Crippen MR) is 57.7 cm³/mol. The Morgan fingerprint density at radius 1 is 1.29 bits per heavy atom. The first kappa shape index (κ1) is 14.1. The summed E-state index contributed by atoms with van der Waals surface area (Å²) in [4.78, 5) is 13.3. The highest BCUT2D eigenvalue weighted by atomic mass is 19.4. The molecule has 2 N–H and O–H groups in total. The zero-order chi connectivity index (χ0) is 12.9. The van der Waals surface area contributed by atoms with E-state index in [1.54, 1.807) is 5.32 Å². The number of alkyl halides is 3. The first-order valence-corrected chi connectivity index (χ1v) is 5.64. The summed E-state index contributed by atoms with van der Waals surface area (Å²) < 4.78 is 35.4. The molecule has 0 atom stereocenters. The molecule has 17 heavy (non-hydrogen) atoms. The van der Waals surface area contributed by atoms with Crippen LogP contribution in [0.1, 0.15) is 12.8 Å². The van der Waals surface area contributed by atoms with E-state index < -0.39 is 18.8 Å². The van der Waals surface area contributed by atoms with Crippen LogP contribution in [0.2, 0.25) is 0 Å². The molecule has 0 aromatic rings. The van der Waals surface area contributed by atoms with Crippen LogP contribution in [0.4, 0.5) is 18.0 Å². The van der Waals surface area contributed by atoms with Crippen molar-refractivity contribution in [2.75, 3.05) is 33.2 Å². The number of hydrogen-bond donors (Lipinski definition) is 2. The molecule has 1 aliphatic rings. The van der Waals surface area contributed by atoms with Crippen LogP contribution in [0.5, 0.6) is 0 Å². The Hall–Kier alpha value is -0.980. The second kappa shape index (κ2) is 6.09. The van der Waals surface area contributed by atoms with E-state index in [0.717, 1.165) is 25.9 Å². The molecular weight excluding hydrogens is 235 g/mol. The van der Waals surface area contributed by atoms with Crippen molar-refractivity contribution in [1.29, 1.82) is 0 Å². The zero-order valence-corrected chi connectivity index (χ0v) is 9.81. The molecule has 100 valence electrons. The maximum Gasteiger partial charge on any atom is 0.405 e. The van der Waals surface area contributed by atoms with E-state index in [2.05, 4.69) is 10.2 Å². The molecule has 1 aliphatic heterocycles. The van der Waals surface area contributed by atoms with E-state index in [4.69, 9.17) is 0 Å². The fourth-order valence-corrected chi connectivity index (χ4v) is 1.75. The van der Waals surface area contributed by atoms with Gasteiger partial charge in [0.05, 0.1) is 0 Å². The van der Waals surface area contributed by atoms with Gasteiger partial charge in [-0.1, -0.05) is 0 Å². The number of nitrogens with one attached hydrogen (secondary N) is 2. The fraction of sp³-hybridized carbons (Fsp3) is 0.900. The number of amides is 2. The van der Waals surface area contributed by atoms with Crippen LogP contribution in [0.3, 0.4) is 0 Å². The van der Waals surface area contributed by atoms with Gasteiger partial charge in [0.15, 0.2) is 0 Å². The largest absolute Gasteiger partial charge is 0.405 e. The van der Waals surface area contributed by atoms with Gasteiger partial charge in [-0.05, 0) is 38.9 Å². The lowest BCUT2D eigenvalue weighted by atomic mass is 9.97. The summed E-state index contributed by atoms with van der Waals surface area (Å²) in [6.07, 6.45) is -2.42. The minimum Gasteiger partial charge on any atom is -0.338 e. The Morgan fingerprint density at radius 3 is 2.41 bits per heavy atom. The first-order valence-electron chi connectivity index (χ1n) is 5.64. The lowest BCUT2D eigenvalue weighted by Gasteiger charge is -2.28. The van der Waals surface area contributed by atoms with Gasteiger partial charge in [0.25, 0.3) is 0 Å². The van der Waals surface area contributed by atoms with Crippen LogP contribution in [-0.2, 0) is 0 Å². The van der Waals surface area contributed by atoms with E-state index >= 15 is 0 Å². The highest BCUT2D eigenvalue weighted by molar-refractivity contribution is 5.73. The molecular formula is C10H18F3N3O. The van der Waals surface area contributed by atoms with Gasteiger partial charge in [-0.3, -0.25) is 0 Å². The summed E-state index contributed by atoms with van der Waals surface area (Å²) in [6, 6.07) is -0.749. The third kappa shape index (κ3) is 6.35. The van der Waals surface area contributed by atoms with Crippen LogP contribution in [0.15, 0.2) is 0 Å². The van der Waals surface area contributed by atoms with Crippen LogP contribution in [0, 0.1) is 5.92 Å². The number of piperidine rings is 1. The highest BCUT2D eigenvalue weighted by Gasteiger charge is 2.27. The minimum absolute atomic E-state index is 0.364. The van der Waals surface area contributed by atoms with Crippen LogP contribution < -0.4 is 10.6 Å². The van der Waals surface area contributed by atoms with Gasteiger partial charge in [0.2, 0.25) is 0 Å². The van der Waals surface area contributed by atoms with Crippen molar-refractivity contribution >= 4 is 6.03 Å². The molecule has 4 nitrogen and oxygen atoms in total. The normalized spacial score (nSPS) is 19.1. The van der Waals surface area contributed by atoms with Crippen molar-refractivity contribution in [2.24, 2.45) is 5.92 Å². The van der Waals surface area contributed by atoms with E-state index in [9.17, 15) is 18.0 Å². The van der Waals surface area contributed by atoms with E-state index in [1.165, 1.54) is 0 Å². The monoisotopic (exact) mass is 253 g/mol. The van der Waals surface area contributed by atoms with E-state index in [-0.39, 0.29) is 0 Å². The molecule has 2 amide bonds. The molecule has 1 fully saturated rings. The Balaban J connectivity index is 2.11. The number of nitrogens with zero attached hydrogens (tertiary/aromatic N) is 1. The van der Waals surface area contributed by atoms with Gasteiger partial charge in [0.1, 0.15) is 6.54 Å². The second-order valence-corrected chi connectivity index (χ2v) is 4.43. The average molecular weight is 253 g/mol. The second-order valence-electron chi connectivity index (χ2n) is 4.43.